The molecule has 0 aliphatic rings. The number of terminal acetylenes is 3. The van der Waals surface area contributed by atoms with Gasteiger partial charge in [-0.15, -0.1) is 23.7 Å². The highest BCUT2D eigenvalue weighted by molar-refractivity contribution is 7.86. The van der Waals surface area contributed by atoms with Gasteiger partial charge in [0.15, 0.2) is 0 Å². The second-order valence-electron chi connectivity index (χ2n) is 2.72. The van der Waals surface area contributed by atoms with Crippen molar-refractivity contribution in [3.8, 4) is 37.0 Å². The van der Waals surface area contributed by atoms with Crippen LogP contribution in [0.5, 0.6) is 0 Å². The van der Waals surface area contributed by atoms with Crippen LogP contribution in [0.4, 0.5) is 0 Å². The molecule has 0 amide bonds. The fraction of sp³-hybridized carbons (Fsp3) is 0.300. The molecule has 20 heavy (non-hydrogen) atoms. The Labute approximate surface area is 116 Å². The van der Waals surface area contributed by atoms with E-state index in [2.05, 4.69) is 17.6 Å². The second-order valence-corrected chi connectivity index (χ2v) is 5.89. The number of hydrogen-bond donors (Lipinski definition) is 0. The summed E-state index contributed by atoms with van der Waals surface area (Å²) in [7, 11) is -9.25. The zero-order valence-corrected chi connectivity index (χ0v) is 11.7. The largest absolute Gasteiger partial charge is 0.852 e. The number of rotatable bonds is 8. The molecule has 0 unspecified atom stereocenters. The molecular weight excluding hydrogens is 309 g/mol. The van der Waals surface area contributed by atoms with Crippen molar-refractivity contribution in [1.82, 2.24) is 0 Å². The van der Waals surface area contributed by atoms with Crippen LogP contribution in [0.1, 0.15) is 0 Å². The van der Waals surface area contributed by atoms with E-state index in [-0.39, 0.29) is 0 Å². The van der Waals surface area contributed by atoms with Gasteiger partial charge in [-0.1, -0.05) is 17.8 Å². The summed E-state index contributed by atoms with van der Waals surface area (Å²) in [5.41, 5.74) is -1.72. The maximum atomic E-state index is 11.9. The van der Waals surface area contributed by atoms with E-state index >= 15 is 0 Å². The SMILES string of the molecule is C#CCOP(=O)(OCC#C)/C([O-])=N/S(=O)(=O)OCC#C. The van der Waals surface area contributed by atoms with Crippen LogP contribution in [0.15, 0.2) is 4.40 Å². The Bertz CT molecular complexity index is 610. The summed E-state index contributed by atoms with van der Waals surface area (Å²) >= 11 is 0. The van der Waals surface area contributed by atoms with Crippen LogP contribution in [0, 0.1) is 37.0 Å². The molecule has 0 spiro atoms. The van der Waals surface area contributed by atoms with E-state index in [4.69, 9.17) is 19.3 Å². The molecule has 0 aromatic heterocycles. The summed E-state index contributed by atoms with van der Waals surface area (Å²) in [6.07, 6.45) is 14.5. The van der Waals surface area contributed by atoms with Crippen molar-refractivity contribution in [2.45, 2.75) is 0 Å². The van der Waals surface area contributed by atoms with Crippen molar-refractivity contribution in [3.63, 3.8) is 0 Å². The Hall–Kier alpha value is -1.79. The lowest BCUT2D eigenvalue weighted by atomic mass is 10.8. The van der Waals surface area contributed by atoms with E-state index in [0.717, 1.165) is 0 Å². The van der Waals surface area contributed by atoms with Gasteiger partial charge in [-0.2, -0.15) is 8.42 Å². The summed E-state index contributed by atoms with van der Waals surface area (Å²) in [6.45, 7) is -1.80. The summed E-state index contributed by atoms with van der Waals surface area (Å²) in [5, 5.41) is 11.5. The molecule has 0 fully saturated rings. The van der Waals surface area contributed by atoms with Gasteiger partial charge in [0.25, 0.3) is 0 Å². The topological polar surface area (TPSA) is 114 Å². The molecule has 0 atom stereocenters. The van der Waals surface area contributed by atoms with Crippen molar-refractivity contribution in [3.05, 3.63) is 0 Å². The summed E-state index contributed by atoms with van der Waals surface area (Å²) in [4.78, 5) is 0. The quantitative estimate of drug-likeness (QED) is 0.246. The molecule has 0 radical (unpaired) electrons. The predicted octanol–water partition coefficient (Wildman–Crippen LogP) is -0.910. The van der Waals surface area contributed by atoms with E-state index in [1.54, 1.807) is 0 Å². The smallest absolute Gasteiger partial charge is 0.381 e. The molecule has 0 saturated carbocycles. The zero-order valence-electron chi connectivity index (χ0n) is 10.0. The maximum absolute atomic E-state index is 11.9. The van der Waals surface area contributed by atoms with Crippen molar-refractivity contribution in [2.24, 2.45) is 4.40 Å². The summed E-state index contributed by atoms with van der Waals surface area (Å²) < 4.78 is 50.0. The Morgan fingerprint density at radius 1 is 1.10 bits per heavy atom. The van der Waals surface area contributed by atoms with E-state index in [1.807, 2.05) is 17.8 Å². The Morgan fingerprint density at radius 2 is 1.55 bits per heavy atom. The van der Waals surface area contributed by atoms with E-state index in [9.17, 15) is 18.1 Å². The van der Waals surface area contributed by atoms with Crippen molar-refractivity contribution >= 4 is 23.5 Å². The molecule has 0 aromatic rings. The van der Waals surface area contributed by atoms with Crippen LogP contribution in [0.25, 0.3) is 0 Å². The third-order valence-electron chi connectivity index (χ3n) is 1.35. The fourth-order valence-corrected chi connectivity index (χ4v) is 2.62. The van der Waals surface area contributed by atoms with Gasteiger partial charge in [0, 0.05) is 0 Å². The molecule has 10 heteroatoms. The standard InChI is InChI=1S/C10H10NO7PS/c1-4-7-16-19(13,17-8-5-2)10(12)11-20(14,15)18-9-6-3/h1-3H,7-9H2,(H,11,12)/p-1. The van der Waals surface area contributed by atoms with Gasteiger partial charge >= 0.3 is 17.9 Å². The van der Waals surface area contributed by atoms with Gasteiger partial charge in [-0.05, 0) is 0 Å². The average Bonchev–Trinajstić information content (AvgIpc) is 2.40. The van der Waals surface area contributed by atoms with Crippen molar-refractivity contribution < 1.29 is 31.3 Å². The van der Waals surface area contributed by atoms with Crippen LogP contribution >= 0.6 is 7.60 Å². The molecule has 0 aliphatic heterocycles. The summed E-state index contributed by atoms with van der Waals surface area (Å²) in [5.74, 6) is 5.70. The first-order valence-corrected chi connectivity index (χ1v) is 7.58. The van der Waals surface area contributed by atoms with Gasteiger partial charge in [0.05, 0.1) is 5.64 Å². The lowest BCUT2D eigenvalue weighted by Crippen LogP contribution is -2.23. The highest BCUT2D eigenvalue weighted by atomic mass is 32.2. The first-order valence-electron chi connectivity index (χ1n) is 4.67. The minimum atomic E-state index is -4.68. The normalized spacial score (nSPS) is 12.2. The maximum Gasteiger partial charge on any atom is 0.381 e. The highest BCUT2D eigenvalue weighted by Gasteiger charge is 2.27. The Kier molecular flexibility index (Phi) is 7.64. The van der Waals surface area contributed by atoms with Gasteiger partial charge in [-0.25, -0.2) is 4.18 Å². The third-order valence-corrected chi connectivity index (χ3v) is 3.80. The van der Waals surface area contributed by atoms with E-state index in [1.165, 1.54) is 0 Å². The molecular formula is C10H9NO7PS-. The van der Waals surface area contributed by atoms with Crippen molar-refractivity contribution in [2.75, 3.05) is 19.8 Å². The molecule has 0 aromatic carbocycles. The fourth-order valence-electron chi connectivity index (χ4n) is 0.673. The van der Waals surface area contributed by atoms with Crippen LogP contribution in [-0.2, 0) is 28.1 Å². The van der Waals surface area contributed by atoms with Crippen molar-refractivity contribution in [1.29, 1.82) is 0 Å². The molecule has 0 rings (SSSR count). The molecule has 8 nitrogen and oxygen atoms in total. The van der Waals surface area contributed by atoms with E-state index in [0.29, 0.717) is 0 Å². The van der Waals surface area contributed by atoms with Crippen LogP contribution in [-0.4, -0.2) is 33.9 Å². The molecule has 0 bridgehead atoms. The molecule has 0 aliphatic carbocycles. The van der Waals surface area contributed by atoms with Crippen LogP contribution in [0.2, 0.25) is 0 Å². The Balaban J connectivity index is 5.29. The van der Waals surface area contributed by atoms with Crippen LogP contribution < -0.4 is 5.11 Å². The lowest BCUT2D eigenvalue weighted by Gasteiger charge is -2.20. The van der Waals surface area contributed by atoms with Crippen LogP contribution in [0.3, 0.4) is 0 Å². The lowest BCUT2D eigenvalue weighted by molar-refractivity contribution is -0.209. The second kappa shape index (κ2) is 8.39. The van der Waals surface area contributed by atoms with Gasteiger partial charge < -0.3 is 5.11 Å². The third kappa shape index (κ3) is 6.40. The molecule has 0 heterocycles. The van der Waals surface area contributed by atoms with Gasteiger partial charge in [0.1, 0.15) is 19.8 Å². The summed E-state index contributed by atoms with van der Waals surface area (Å²) in [6, 6.07) is 0. The highest BCUT2D eigenvalue weighted by Crippen LogP contribution is 2.47. The predicted molar refractivity (Wildman–Crippen MR) is 68.3 cm³/mol. The number of nitrogens with zero attached hydrogens (tertiary/aromatic N) is 1. The van der Waals surface area contributed by atoms with Gasteiger partial charge in [0.2, 0.25) is 0 Å². The first kappa shape index (κ1) is 18.2. The molecule has 0 saturated heterocycles. The zero-order chi connectivity index (χ0) is 15.6. The minimum Gasteiger partial charge on any atom is -0.852 e. The average molecular weight is 318 g/mol. The van der Waals surface area contributed by atoms with Gasteiger partial charge in [-0.3, -0.25) is 13.6 Å². The van der Waals surface area contributed by atoms with E-state index < -0.39 is 43.4 Å². The monoisotopic (exact) mass is 318 g/mol. The Morgan fingerprint density at radius 3 is 1.95 bits per heavy atom. The number of hydrogen-bond acceptors (Lipinski definition) is 7. The first-order chi connectivity index (χ1) is 9.31. The minimum absolute atomic E-state index is 0.575. The molecule has 108 valence electrons. The molecule has 0 N–H and O–H groups in total.